The highest BCUT2D eigenvalue weighted by Gasteiger charge is 2.04. The highest BCUT2D eigenvalue weighted by molar-refractivity contribution is 5.55. The predicted octanol–water partition coefficient (Wildman–Crippen LogP) is 6.76. The maximum absolute atomic E-state index is 13.1. The van der Waals surface area contributed by atoms with Gasteiger partial charge >= 0.3 is 0 Å². The van der Waals surface area contributed by atoms with Gasteiger partial charge in [0.05, 0.1) is 6.61 Å². The molecule has 4 nitrogen and oxygen atoms in total. The number of unbranched alkanes of at least 4 members (excludes halogenated alkanes) is 6. The van der Waals surface area contributed by atoms with Crippen molar-refractivity contribution in [2.45, 2.75) is 83.7 Å². The third kappa shape index (κ3) is 11.1. The molecule has 1 heterocycles. The van der Waals surface area contributed by atoms with Crippen LogP contribution in [0.1, 0.15) is 75.8 Å². The Hall–Kier alpha value is -1.85. The molecule has 1 atom stereocenters. The summed E-state index contributed by atoms with van der Waals surface area (Å²) in [6.07, 6.45) is 15.0. The van der Waals surface area contributed by atoms with E-state index in [0.717, 1.165) is 56.5 Å². The number of ether oxygens (including phenoxy) is 2. The molecule has 2 aromatic rings. The topological polar surface area (TPSA) is 44.2 Å². The molecule has 2 rings (SSSR count). The summed E-state index contributed by atoms with van der Waals surface area (Å²) in [4.78, 5) is 9.14. The van der Waals surface area contributed by atoms with Crippen LogP contribution in [0.15, 0.2) is 36.7 Å². The fraction of sp³-hybridized carbons (Fsp3) is 0.630. The van der Waals surface area contributed by atoms with Gasteiger partial charge in [0.15, 0.2) is 5.82 Å². The summed E-state index contributed by atoms with van der Waals surface area (Å²) in [6, 6.07) is 8.61. The van der Waals surface area contributed by atoms with Crippen molar-refractivity contribution >= 4 is 0 Å². The number of hydrogen-bond acceptors (Lipinski definition) is 4. The Balaban J connectivity index is 1.61. The summed E-state index contributed by atoms with van der Waals surface area (Å²) < 4.78 is 23.5. The number of methoxy groups -OCH3 is 1. The van der Waals surface area contributed by atoms with Crippen LogP contribution in [0.4, 0.5) is 4.39 Å². The van der Waals surface area contributed by atoms with Crippen molar-refractivity contribution in [1.82, 2.24) is 9.97 Å². The van der Waals surface area contributed by atoms with E-state index in [1.165, 1.54) is 36.8 Å². The number of rotatable bonds is 18. The maximum atomic E-state index is 13.1. The summed E-state index contributed by atoms with van der Waals surface area (Å²) >= 11 is 0. The zero-order valence-corrected chi connectivity index (χ0v) is 20.0. The smallest absolute Gasteiger partial charge is 0.159 e. The molecule has 0 fully saturated rings. The molecule has 0 radical (unpaired) electrons. The highest BCUT2D eigenvalue weighted by atomic mass is 19.1. The molecule has 0 saturated carbocycles. The molecule has 178 valence electrons. The van der Waals surface area contributed by atoms with Crippen molar-refractivity contribution in [3.63, 3.8) is 0 Å². The molecular formula is C27H41FN2O2. The van der Waals surface area contributed by atoms with Gasteiger partial charge in [-0.15, -0.1) is 0 Å². The number of benzene rings is 1. The molecule has 0 spiro atoms. The lowest BCUT2D eigenvalue weighted by Crippen LogP contribution is -2.09. The van der Waals surface area contributed by atoms with Crippen LogP contribution in [-0.2, 0) is 22.3 Å². The average molecular weight is 445 g/mol. The molecule has 0 N–H and O–H groups in total. The average Bonchev–Trinajstić information content (AvgIpc) is 2.83. The molecule has 0 bridgehead atoms. The van der Waals surface area contributed by atoms with E-state index in [-0.39, 0.29) is 6.61 Å². The largest absolute Gasteiger partial charge is 0.385 e. The number of aromatic nitrogens is 2. The van der Waals surface area contributed by atoms with Crippen molar-refractivity contribution in [3.05, 3.63) is 47.8 Å². The van der Waals surface area contributed by atoms with Crippen LogP contribution in [0.2, 0.25) is 0 Å². The van der Waals surface area contributed by atoms with Crippen LogP contribution in [0.25, 0.3) is 11.4 Å². The second-order valence-electron chi connectivity index (χ2n) is 8.51. The van der Waals surface area contributed by atoms with E-state index in [0.29, 0.717) is 13.0 Å². The van der Waals surface area contributed by atoms with Crippen LogP contribution in [-0.4, -0.2) is 43.1 Å². The van der Waals surface area contributed by atoms with Gasteiger partial charge in [0.25, 0.3) is 0 Å². The minimum absolute atomic E-state index is 0.241. The molecule has 0 aliphatic heterocycles. The molecule has 0 amide bonds. The van der Waals surface area contributed by atoms with Crippen molar-refractivity contribution in [2.24, 2.45) is 0 Å². The third-order valence-electron chi connectivity index (χ3n) is 5.73. The summed E-state index contributed by atoms with van der Waals surface area (Å²) in [5.74, 6) is 0.791. The molecule has 1 unspecified atom stereocenters. The molecular weight excluding hydrogens is 403 g/mol. The summed E-state index contributed by atoms with van der Waals surface area (Å²) in [5, 5.41) is 0. The SMILES string of the molecule is CCC(F)COCCCCCCc1ccc(-c2ncc(CCCCCCOC)cn2)cc1. The fourth-order valence-electron chi connectivity index (χ4n) is 3.60. The molecule has 5 heteroatoms. The van der Waals surface area contributed by atoms with E-state index < -0.39 is 6.17 Å². The van der Waals surface area contributed by atoms with Crippen molar-refractivity contribution in [2.75, 3.05) is 26.9 Å². The molecule has 32 heavy (non-hydrogen) atoms. The number of alkyl halides is 1. The van der Waals surface area contributed by atoms with E-state index in [9.17, 15) is 4.39 Å². The Labute approximate surface area is 194 Å². The first kappa shape index (κ1) is 26.4. The highest BCUT2D eigenvalue weighted by Crippen LogP contribution is 2.17. The predicted molar refractivity (Wildman–Crippen MR) is 130 cm³/mol. The standard InChI is InChI=1S/C27H41FN2O2/c1-3-26(28)22-32-19-11-7-5-8-12-23-14-16-25(17-15-23)27-29-20-24(21-30-27)13-9-4-6-10-18-31-2/h14-17,20-21,26H,3-13,18-19,22H2,1-2H3. The Morgan fingerprint density at radius 3 is 2.00 bits per heavy atom. The van der Waals surface area contributed by atoms with E-state index in [4.69, 9.17) is 9.47 Å². The minimum Gasteiger partial charge on any atom is -0.385 e. The number of halogens is 1. The summed E-state index contributed by atoms with van der Waals surface area (Å²) in [6.45, 7) is 3.61. The molecule has 0 saturated heterocycles. The second-order valence-corrected chi connectivity index (χ2v) is 8.51. The second kappa shape index (κ2) is 16.7. The first-order valence-electron chi connectivity index (χ1n) is 12.3. The lowest BCUT2D eigenvalue weighted by molar-refractivity contribution is 0.0765. The lowest BCUT2D eigenvalue weighted by Gasteiger charge is -2.07. The van der Waals surface area contributed by atoms with Gasteiger partial charge in [-0.1, -0.05) is 56.9 Å². The van der Waals surface area contributed by atoms with Gasteiger partial charge in [0.2, 0.25) is 0 Å². The zero-order chi connectivity index (χ0) is 22.9. The van der Waals surface area contributed by atoms with E-state index in [1.807, 2.05) is 19.3 Å². The normalized spacial score (nSPS) is 12.2. The molecule has 1 aromatic carbocycles. The number of nitrogens with zero attached hydrogens (tertiary/aromatic N) is 2. The van der Waals surface area contributed by atoms with Gasteiger partial charge in [-0.25, -0.2) is 14.4 Å². The summed E-state index contributed by atoms with van der Waals surface area (Å²) in [7, 11) is 1.76. The van der Waals surface area contributed by atoms with Gasteiger partial charge in [-0.2, -0.15) is 0 Å². The molecule has 0 aliphatic carbocycles. The fourth-order valence-corrected chi connectivity index (χ4v) is 3.60. The first-order chi connectivity index (χ1) is 15.7. The number of aryl methyl sites for hydroxylation is 2. The van der Waals surface area contributed by atoms with Gasteiger partial charge in [0, 0.05) is 38.3 Å². The monoisotopic (exact) mass is 444 g/mol. The van der Waals surface area contributed by atoms with Crippen LogP contribution in [0, 0.1) is 0 Å². The first-order valence-corrected chi connectivity index (χ1v) is 12.3. The van der Waals surface area contributed by atoms with E-state index in [1.54, 1.807) is 7.11 Å². The van der Waals surface area contributed by atoms with Crippen molar-refractivity contribution in [1.29, 1.82) is 0 Å². The maximum Gasteiger partial charge on any atom is 0.159 e. The van der Waals surface area contributed by atoms with E-state index >= 15 is 0 Å². The Bertz CT molecular complexity index is 707. The Morgan fingerprint density at radius 2 is 1.38 bits per heavy atom. The van der Waals surface area contributed by atoms with Crippen LogP contribution in [0.3, 0.4) is 0 Å². The summed E-state index contributed by atoms with van der Waals surface area (Å²) in [5.41, 5.74) is 3.62. The molecule has 0 aliphatic rings. The molecule has 1 aromatic heterocycles. The van der Waals surface area contributed by atoms with Crippen LogP contribution < -0.4 is 0 Å². The van der Waals surface area contributed by atoms with E-state index in [2.05, 4.69) is 34.2 Å². The van der Waals surface area contributed by atoms with Crippen LogP contribution in [0.5, 0.6) is 0 Å². The minimum atomic E-state index is -0.817. The van der Waals surface area contributed by atoms with Crippen molar-refractivity contribution < 1.29 is 13.9 Å². The Morgan fingerprint density at radius 1 is 0.781 bits per heavy atom. The lowest BCUT2D eigenvalue weighted by atomic mass is 10.0. The number of hydrogen-bond donors (Lipinski definition) is 0. The van der Waals surface area contributed by atoms with Crippen molar-refractivity contribution in [3.8, 4) is 11.4 Å². The van der Waals surface area contributed by atoms with Gasteiger partial charge < -0.3 is 9.47 Å². The quantitative estimate of drug-likeness (QED) is 0.238. The Kier molecular flexibility index (Phi) is 13.8. The zero-order valence-electron chi connectivity index (χ0n) is 20.0. The van der Waals surface area contributed by atoms with Gasteiger partial charge in [0.1, 0.15) is 6.17 Å². The van der Waals surface area contributed by atoms with Gasteiger partial charge in [-0.3, -0.25) is 0 Å². The van der Waals surface area contributed by atoms with Crippen LogP contribution >= 0.6 is 0 Å². The third-order valence-corrected chi connectivity index (χ3v) is 5.73. The van der Waals surface area contributed by atoms with Gasteiger partial charge in [-0.05, 0) is 56.1 Å².